The summed E-state index contributed by atoms with van der Waals surface area (Å²) in [4.78, 5) is 12.9. The molecular formula is C28H33BO4. The van der Waals surface area contributed by atoms with Gasteiger partial charge in [0.1, 0.15) is 12.4 Å². The fourth-order valence-corrected chi connectivity index (χ4v) is 4.15. The van der Waals surface area contributed by atoms with E-state index in [0.717, 1.165) is 36.8 Å². The predicted molar refractivity (Wildman–Crippen MR) is 132 cm³/mol. The maximum absolute atomic E-state index is 12.9. The number of ketones is 1. The fraction of sp³-hybridized carbons (Fsp3) is 0.393. The first-order chi connectivity index (χ1) is 15.7. The molecular weight excluding hydrogens is 411 g/mol. The van der Waals surface area contributed by atoms with Crippen LogP contribution in [-0.2, 0) is 15.9 Å². The molecule has 4 nitrogen and oxygen atoms in total. The molecule has 0 aromatic heterocycles. The van der Waals surface area contributed by atoms with Gasteiger partial charge in [0, 0.05) is 5.56 Å². The van der Waals surface area contributed by atoms with Crippen LogP contribution in [0.25, 0.3) is 0 Å². The summed E-state index contributed by atoms with van der Waals surface area (Å²) in [6.07, 6.45) is 7.73. The van der Waals surface area contributed by atoms with Gasteiger partial charge in [0.2, 0.25) is 0 Å². The minimum Gasteiger partial charge on any atom is -0.489 e. The maximum Gasteiger partial charge on any atom is 0.490 e. The molecule has 33 heavy (non-hydrogen) atoms. The highest BCUT2D eigenvalue weighted by molar-refractivity contribution is 6.55. The number of hydrogen-bond acceptors (Lipinski definition) is 4. The van der Waals surface area contributed by atoms with Crippen molar-refractivity contribution in [1.29, 1.82) is 0 Å². The van der Waals surface area contributed by atoms with Crippen LogP contribution in [0.1, 0.15) is 69.3 Å². The van der Waals surface area contributed by atoms with Gasteiger partial charge in [-0.3, -0.25) is 4.79 Å². The lowest BCUT2D eigenvalue weighted by Gasteiger charge is -2.32. The first-order valence-electron chi connectivity index (χ1n) is 11.8. The van der Waals surface area contributed by atoms with E-state index >= 15 is 0 Å². The van der Waals surface area contributed by atoms with Crippen molar-refractivity contribution in [3.05, 3.63) is 88.9 Å². The van der Waals surface area contributed by atoms with Crippen LogP contribution in [0.5, 0.6) is 5.75 Å². The Morgan fingerprint density at radius 1 is 0.970 bits per heavy atom. The second-order valence-electron chi connectivity index (χ2n) is 9.85. The predicted octanol–water partition coefficient (Wildman–Crippen LogP) is 6.51. The Labute approximate surface area is 197 Å². The molecule has 2 aliphatic rings. The molecule has 1 heterocycles. The van der Waals surface area contributed by atoms with Crippen molar-refractivity contribution in [2.45, 2.75) is 71.2 Å². The van der Waals surface area contributed by atoms with Crippen molar-refractivity contribution >= 4 is 12.9 Å². The van der Waals surface area contributed by atoms with Crippen LogP contribution in [0, 0.1) is 0 Å². The third-order valence-corrected chi connectivity index (χ3v) is 6.90. The topological polar surface area (TPSA) is 44.8 Å². The van der Waals surface area contributed by atoms with Crippen LogP contribution in [0.4, 0.5) is 0 Å². The monoisotopic (exact) mass is 444 g/mol. The van der Waals surface area contributed by atoms with E-state index in [1.165, 1.54) is 5.47 Å². The molecule has 172 valence electrons. The van der Waals surface area contributed by atoms with E-state index in [2.05, 4.69) is 27.7 Å². The zero-order valence-corrected chi connectivity index (χ0v) is 20.1. The summed E-state index contributed by atoms with van der Waals surface area (Å²) in [5.74, 6) is 0.652. The Hall–Kier alpha value is -2.63. The fourth-order valence-electron chi connectivity index (χ4n) is 4.15. The summed E-state index contributed by atoms with van der Waals surface area (Å²) in [6.45, 7) is 8.76. The normalized spacial score (nSPS) is 19.8. The first-order valence-corrected chi connectivity index (χ1v) is 11.8. The van der Waals surface area contributed by atoms with Crippen LogP contribution in [0.2, 0.25) is 0 Å². The van der Waals surface area contributed by atoms with Crippen molar-refractivity contribution in [1.82, 2.24) is 0 Å². The van der Waals surface area contributed by atoms with Gasteiger partial charge in [-0.15, -0.1) is 0 Å². The zero-order valence-electron chi connectivity index (χ0n) is 20.1. The minimum atomic E-state index is -0.368. The van der Waals surface area contributed by atoms with Crippen LogP contribution in [-0.4, -0.2) is 24.1 Å². The van der Waals surface area contributed by atoms with Crippen molar-refractivity contribution in [3.8, 4) is 5.75 Å². The van der Waals surface area contributed by atoms with Crippen molar-refractivity contribution in [3.63, 3.8) is 0 Å². The van der Waals surface area contributed by atoms with Crippen LogP contribution >= 0.6 is 0 Å². The number of hydrogen-bond donors (Lipinski definition) is 0. The third kappa shape index (κ3) is 5.48. The molecule has 0 radical (unpaired) electrons. The lowest BCUT2D eigenvalue weighted by Crippen LogP contribution is -2.41. The average molecular weight is 444 g/mol. The molecule has 0 atom stereocenters. The van der Waals surface area contributed by atoms with E-state index in [1.807, 2.05) is 54.6 Å². The van der Waals surface area contributed by atoms with E-state index in [9.17, 15) is 4.79 Å². The molecule has 0 amide bonds. The first kappa shape index (κ1) is 23.5. The second-order valence-corrected chi connectivity index (χ2v) is 9.85. The molecule has 0 saturated carbocycles. The molecule has 0 unspecified atom stereocenters. The number of carbonyl (C=O) groups is 1. The van der Waals surface area contributed by atoms with Crippen molar-refractivity contribution in [2.24, 2.45) is 0 Å². The molecule has 2 aromatic rings. The van der Waals surface area contributed by atoms with Gasteiger partial charge in [0.05, 0.1) is 11.2 Å². The second kappa shape index (κ2) is 9.70. The van der Waals surface area contributed by atoms with Crippen molar-refractivity contribution in [2.75, 3.05) is 0 Å². The lowest BCUT2D eigenvalue weighted by atomic mass is 9.69. The van der Waals surface area contributed by atoms with E-state index < -0.39 is 0 Å². The van der Waals surface area contributed by atoms with Gasteiger partial charge in [-0.05, 0) is 82.6 Å². The Balaban J connectivity index is 1.47. The van der Waals surface area contributed by atoms with Crippen LogP contribution in [0.3, 0.4) is 0 Å². The highest BCUT2D eigenvalue weighted by atomic mass is 16.7. The van der Waals surface area contributed by atoms with E-state index in [4.69, 9.17) is 14.0 Å². The van der Waals surface area contributed by atoms with E-state index in [0.29, 0.717) is 17.9 Å². The number of carbonyl (C=O) groups excluding carboxylic acids is 1. The molecule has 0 N–H and O–H groups in total. The Kier molecular flexibility index (Phi) is 6.92. The summed E-state index contributed by atoms with van der Waals surface area (Å²) in [6, 6.07) is 17.4. The standard InChI is InChI=1S/C28H33BO4/c1-27(2)28(3,4)33-29(32-27)25-16-9-8-13-22(25)17-18-26(30)23-14-10-15-24(19-23)31-20-21-11-6-5-7-12-21/h5-7,10-12,14-15,17-19H,8-9,13,16,20H2,1-4H3/b18-17+. The van der Waals surface area contributed by atoms with Gasteiger partial charge < -0.3 is 14.0 Å². The molecule has 0 spiro atoms. The van der Waals surface area contributed by atoms with Gasteiger partial charge in [0.15, 0.2) is 5.78 Å². The summed E-state index contributed by atoms with van der Waals surface area (Å²) in [7, 11) is -0.347. The van der Waals surface area contributed by atoms with Gasteiger partial charge in [-0.1, -0.05) is 54.1 Å². The quantitative estimate of drug-likeness (QED) is 0.278. The molecule has 1 aliphatic carbocycles. The van der Waals surface area contributed by atoms with Crippen LogP contribution in [0.15, 0.2) is 77.8 Å². The molecule has 1 saturated heterocycles. The molecule has 5 heteroatoms. The Morgan fingerprint density at radius 3 is 2.39 bits per heavy atom. The summed E-state index contributed by atoms with van der Waals surface area (Å²) in [5, 5.41) is 0. The molecule has 1 fully saturated rings. The van der Waals surface area contributed by atoms with Gasteiger partial charge in [-0.2, -0.15) is 0 Å². The number of allylic oxidation sites excluding steroid dienone is 4. The summed E-state index contributed by atoms with van der Waals surface area (Å²) >= 11 is 0. The number of ether oxygens (including phenoxy) is 1. The SMILES string of the molecule is CC1(C)OB(C2=C(/C=C/C(=O)c3cccc(OCc4ccccc4)c3)CCCC2)OC1(C)C. The average Bonchev–Trinajstić information content (AvgIpc) is 3.03. The van der Waals surface area contributed by atoms with E-state index in [1.54, 1.807) is 12.1 Å². The summed E-state index contributed by atoms with van der Waals surface area (Å²) < 4.78 is 18.5. The van der Waals surface area contributed by atoms with Gasteiger partial charge >= 0.3 is 7.12 Å². The van der Waals surface area contributed by atoms with Crippen LogP contribution < -0.4 is 4.74 Å². The molecule has 4 rings (SSSR count). The maximum atomic E-state index is 12.9. The smallest absolute Gasteiger partial charge is 0.489 e. The molecule has 2 aromatic carbocycles. The largest absolute Gasteiger partial charge is 0.490 e. The van der Waals surface area contributed by atoms with Gasteiger partial charge in [-0.25, -0.2) is 0 Å². The highest BCUT2D eigenvalue weighted by Gasteiger charge is 2.52. The molecule has 1 aliphatic heterocycles. The summed E-state index contributed by atoms with van der Waals surface area (Å²) in [5.41, 5.74) is 3.30. The van der Waals surface area contributed by atoms with E-state index in [-0.39, 0.29) is 24.1 Å². The lowest BCUT2D eigenvalue weighted by molar-refractivity contribution is 0.00578. The Bertz CT molecular complexity index is 1040. The third-order valence-electron chi connectivity index (χ3n) is 6.90. The Morgan fingerprint density at radius 2 is 1.67 bits per heavy atom. The zero-order chi connectivity index (χ0) is 23.5. The van der Waals surface area contributed by atoms with Crippen molar-refractivity contribution < 1.29 is 18.8 Å². The number of rotatable bonds is 7. The minimum absolute atomic E-state index is 0.0356. The number of benzene rings is 2. The van der Waals surface area contributed by atoms with Gasteiger partial charge in [0.25, 0.3) is 0 Å². The molecule has 0 bridgehead atoms. The highest BCUT2D eigenvalue weighted by Crippen LogP contribution is 2.41.